The fourth-order valence-corrected chi connectivity index (χ4v) is 3.06. The van der Waals surface area contributed by atoms with Gasteiger partial charge in [-0.25, -0.2) is 9.97 Å². The van der Waals surface area contributed by atoms with Gasteiger partial charge in [0.15, 0.2) is 0 Å². The zero-order chi connectivity index (χ0) is 14.1. The summed E-state index contributed by atoms with van der Waals surface area (Å²) in [6.07, 6.45) is 5.07. The number of rotatable bonds is 2. The second-order valence-corrected chi connectivity index (χ2v) is 5.69. The van der Waals surface area contributed by atoms with Crippen molar-refractivity contribution in [1.29, 1.82) is 0 Å². The Balaban J connectivity index is 1.66. The number of likely N-dealkylation sites (N-methyl/N-ethyl adjacent to an activating group) is 1. The Labute approximate surface area is 118 Å². The van der Waals surface area contributed by atoms with E-state index in [1.54, 1.807) is 31.5 Å². The average molecular weight is 276 g/mol. The molecule has 3 atom stereocenters. The molecule has 0 bridgehead atoms. The topological polar surface area (TPSA) is 58.6 Å². The molecule has 2 saturated heterocycles. The maximum atomic E-state index is 12.0. The van der Waals surface area contributed by atoms with Crippen LogP contribution in [-0.2, 0) is 9.53 Å². The van der Waals surface area contributed by atoms with Crippen molar-refractivity contribution in [3.8, 4) is 0 Å². The second-order valence-electron chi connectivity index (χ2n) is 5.69. The predicted molar refractivity (Wildman–Crippen MR) is 74.3 cm³/mol. The Bertz CT molecular complexity index is 479. The zero-order valence-corrected chi connectivity index (χ0v) is 11.9. The van der Waals surface area contributed by atoms with Gasteiger partial charge in [0.05, 0.1) is 6.10 Å². The van der Waals surface area contributed by atoms with Crippen molar-refractivity contribution in [2.45, 2.75) is 25.0 Å². The third-order valence-electron chi connectivity index (χ3n) is 4.16. The molecule has 3 heterocycles. The van der Waals surface area contributed by atoms with Crippen LogP contribution < -0.4 is 4.90 Å². The molecule has 0 N–H and O–H groups in total. The van der Waals surface area contributed by atoms with Gasteiger partial charge in [0, 0.05) is 33.4 Å². The van der Waals surface area contributed by atoms with E-state index < -0.39 is 0 Å². The van der Waals surface area contributed by atoms with Crippen LogP contribution in [0.4, 0.5) is 5.82 Å². The number of fused-ring (bicyclic) bond motifs is 1. The number of aromatic nitrogens is 2. The number of ether oxygens (including phenoxy) is 1. The van der Waals surface area contributed by atoms with Gasteiger partial charge in [-0.05, 0) is 24.8 Å². The summed E-state index contributed by atoms with van der Waals surface area (Å²) < 4.78 is 5.96. The summed E-state index contributed by atoms with van der Waals surface area (Å²) in [6.45, 7) is 1.77. The molecule has 6 nitrogen and oxygen atoms in total. The lowest BCUT2D eigenvalue weighted by atomic mass is 9.91. The first kappa shape index (κ1) is 13.3. The molecule has 0 aliphatic carbocycles. The summed E-state index contributed by atoms with van der Waals surface area (Å²) in [7, 11) is 3.56. The van der Waals surface area contributed by atoms with Crippen LogP contribution in [0.25, 0.3) is 0 Å². The van der Waals surface area contributed by atoms with Crippen LogP contribution in [0.3, 0.4) is 0 Å². The zero-order valence-electron chi connectivity index (χ0n) is 11.9. The fraction of sp³-hybridized carbons (Fsp3) is 0.643. The minimum Gasteiger partial charge on any atom is -0.363 e. The molecule has 3 rings (SSSR count). The lowest BCUT2D eigenvalue weighted by molar-refractivity contribution is -0.140. The van der Waals surface area contributed by atoms with Crippen molar-refractivity contribution < 1.29 is 9.53 Å². The van der Waals surface area contributed by atoms with Crippen LogP contribution in [0.1, 0.15) is 12.8 Å². The van der Waals surface area contributed by atoms with E-state index in [2.05, 4.69) is 14.9 Å². The molecule has 0 unspecified atom stereocenters. The van der Waals surface area contributed by atoms with Gasteiger partial charge in [-0.3, -0.25) is 4.79 Å². The molecule has 2 aliphatic heterocycles. The number of hydrogen-bond acceptors (Lipinski definition) is 5. The van der Waals surface area contributed by atoms with Crippen LogP contribution in [-0.4, -0.2) is 60.2 Å². The van der Waals surface area contributed by atoms with E-state index in [4.69, 9.17) is 4.74 Å². The molecule has 2 fully saturated rings. The first-order chi connectivity index (χ1) is 9.65. The molecular weight excluding hydrogens is 256 g/mol. The maximum absolute atomic E-state index is 12.0. The van der Waals surface area contributed by atoms with Gasteiger partial charge in [0.2, 0.25) is 0 Å². The molecule has 0 saturated carbocycles. The number of carbonyl (C=O) groups is 1. The van der Waals surface area contributed by atoms with Crippen molar-refractivity contribution in [2.75, 3.05) is 32.1 Å². The van der Waals surface area contributed by atoms with E-state index in [9.17, 15) is 4.79 Å². The molecule has 1 aromatic heterocycles. The molecule has 2 aliphatic rings. The first-order valence-electron chi connectivity index (χ1n) is 7.02. The number of amides is 1. The van der Waals surface area contributed by atoms with Crippen LogP contribution >= 0.6 is 0 Å². The highest BCUT2D eigenvalue weighted by atomic mass is 16.5. The van der Waals surface area contributed by atoms with E-state index in [0.717, 1.165) is 31.7 Å². The summed E-state index contributed by atoms with van der Waals surface area (Å²) in [4.78, 5) is 24.1. The van der Waals surface area contributed by atoms with E-state index in [1.165, 1.54) is 0 Å². The van der Waals surface area contributed by atoms with Gasteiger partial charge in [0.25, 0.3) is 5.91 Å². The number of anilines is 1. The van der Waals surface area contributed by atoms with Gasteiger partial charge >= 0.3 is 0 Å². The standard InChI is InChI=1S/C14H20N4O2/c1-17(2)14(19)11-7-10-4-6-18(8-12(10)20-11)13-3-5-15-9-16-13/h3,5,9-12H,4,6-8H2,1-2H3/t10-,11+,12+/m0/s1. The predicted octanol–water partition coefficient (Wildman–Crippen LogP) is 0.549. The third-order valence-corrected chi connectivity index (χ3v) is 4.16. The summed E-state index contributed by atoms with van der Waals surface area (Å²) in [5.74, 6) is 1.50. The molecule has 0 radical (unpaired) electrons. The summed E-state index contributed by atoms with van der Waals surface area (Å²) >= 11 is 0. The van der Waals surface area contributed by atoms with E-state index in [1.807, 2.05) is 6.07 Å². The molecule has 1 amide bonds. The number of piperidine rings is 1. The minimum absolute atomic E-state index is 0.0768. The average Bonchev–Trinajstić information content (AvgIpc) is 2.90. The first-order valence-corrected chi connectivity index (χ1v) is 7.02. The quantitative estimate of drug-likeness (QED) is 0.789. The Morgan fingerprint density at radius 1 is 1.50 bits per heavy atom. The Morgan fingerprint density at radius 2 is 2.35 bits per heavy atom. The van der Waals surface area contributed by atoms with Gasteiger partial charge in [-0.1, -0.05) is 0 Å². The molecule has 1 aromatic rings. The monoisotopic (exact) mass is 276 g/mol. The van der Waals surface area contributed by atoms with E-state index >= 15 is 0 Å². The molecular formula is C14H20N4O2. The molecule has 6 heteroatoms. The lowest BCUT2D eigenvalue weighted by Gasteiger charge is -2.34. The van der Waals surface area contributed by atoms with E-state index in [0.29, 0.717) is 5.92 Å². The van der Waals surface area contributed by atoms with Crippen molar-refractivity contribution in [3.63, 3.8) is 0 Å². The van der Waals surface area contributed by atoms with E-state index in [-0.39, 0.29) is 18.1 Å². The highest BCUT2D eigenvalue weighted by Gasteiger charge is 2.42. The highest BCUT2D eigenvalue weighted by molar-refractivity contribution is 5.80. The summed E-state index contributed by atoms with van der Waals surface area (Å²) in [5.41, 5.74) is 0. The fourth-order valence-electron chi connectivity index (χ4n) is 3.06. The van der Waals surface area contributed by atoms with Gasteiger partial charge in [0.1, 0.15) is 18.2 Å². The third kappa shape index (κ3) is 2.47. The van der Waals surface area contributed by atoms with Crippen LogP contribution in [0, 0.1) is 5.92 Å². The van der Waals surface area contributed by atoms with Gasteiger partial charge < -0.3 is 14.5 Å². The van der Waals surface area contributed by atoms with Gasteiger partial charge in [-0.15, -0.1) is 0 Å². The molecule has 0 spiro atoms. The normalized spacial score (nSPS) is 29.1. The van der Waals surface area contributed by atoms with Crippen molar-refractivity contribution in [2.24, 2.45) is 5.92 Å². The van der Waals surface area contributed by atoms with Crippen LogP contribution in [0.5, 0.6) is 0 Å². The Kier molecular flexibility index (Phi) is 3.56. The van der Waals surface area contributed by atoms with Crippen molar-refractivity contribution >= 4 is 11.7 Å². The Hall–Kier alpha value is -1.69. The smallest absolute Gasteiger partial charge is 0.251 e. The molecule has 20 heavy (non-hydrogen) atoms. The minimum atomic E-state index is -0.273. The highest BCUT2D eigenvalue weighted by Crippen LogP contribution is 2.34. The summed E-state index contributed by atoms with van der Waals surface area (Å²) in [6, 6.07) is 1.91. The molecule has 0 aromatic carbocycles. The number of hydrogen-bond donors (Lipinski definition) is 0. The Morgan fingerprint density at radius 3 is 3.05 bits per heavy atom. The van der Waals surface area contributed by atoms with Crippen LogP contribution in [0.2, 0.25) is 0 Å². The second kappa shape index (κ2) is 5.36. The SMILES string of the molecule is CN(C)C(=O)[C@H]1C[C@@H]2CCN(c3ccncn3)C[C@H]2O1. The van der Waals surface area contributed by atoms with Crippen LogP contribution in [0.15, 0.2) is 18.6 Å². The lowest BCUT2D eigenvalue weighted by Crippen LogP contribution is -2.43. The molecule has 108 valence electrons. The summed E-state index contributed by atoms with van der Waals surface area (Å²) in [5, 5.41) is 0. The van der Waals surface area contributed by atoms with Gasteiger partial charge in [-0.2, -0.15) is 0 Å². The van der Waals surface area contributed by atoms with Crippen molar-refractivity contribution in [1.82, 2.24) is 14.9 Å². The van der Waals surface area contributed by atoms with Crippen molar-refractivity contribution in [3.05, 3.63) is 18.6 Å². The maximum Gasteiger partial charge on any atom is 0.251 e. The largest absolute Gasteiger partial charge is 0.363 e. The number of nitrogens with zero attached hydrogens (tertiary/aromatic N) is 4. The number of carbonyl (C=O) groups excluding carboxylic acids is 1.